The van der Waals surface area contributed by atoms with Crippen LogP contribution >= 0.6 is 11.8 Å². The predicted octanol–water partition coefficient (Wildman–Crippen LogP) is 4.50. The topological polar surface area (TPSA) is 76.2 Å². The maximum Gasteiger partial charge on any atom is 0.293 e. The van der Waals surface area contributed by atoms with E-state index in [2.05, 4.69) is 0 Å². The van der Waals surface area contributed by atoms with Gasteiger partial charge >= 0.3 is 0 Å². The van der Waals surface area contributed by atoms with Crippen LogP contribution in [-0.4, -0.2) is 59.7 Å². The average molecular weight is 481 g/mol. The molecule has 0 unspecified atom stereocenters. The summed E-state index contributed by atoms with van der Waals surface area (Å²) in [6.45, 7) is 4.03. The number of thioether (sulfide) groups is 1. The first-order valence-corrected chi connectivity index (χ1v) is 12.3. The van der Waals surface area contributed by atoms with E-state index in [4.69, 9.17) is 9.47 Å². The summed E-state index contributed by atoms with van der Waals surface area (Å²) in [5, 5.41) is -0.306. The highest BCUT2D eigenvalue weighted by Crippen LogP contribution is 2.32. The molecule has 2 aliphatic heterocycles. The molecule has 3 amide bonds. The van der Waals surface area contributed by atoms with Crippen LogP contribution < -0.4 is 9.47 Å². The normalized spacial score (nSPS) is 17.4. The van der Waals surface area contributed by atoms with Crippen molar-refractivity contribution in [3.63, 3.8) is 0 Å². The third-order valence-corrected chi connectivity index (χ3v) is 6.63. The molecule has 0 aromatic heterocycles. The standard InChI is InChI=1S/C26H28N2O5S/c1-19-5-9-21(10-6-19)32-16-15-28-25(30)23(34-26(28)31)17-20-7-11-22(12-8-20)33-18-24(29)27-13-3-2-4-14-27/h5-12,17H,2-4,13-16,18H2,1H3/b23-17-. The summed E-state index contributed by atoms with van der Waals surface area (Å²) in [5.74, 6) is 0.968. The van der Waals surface area contributed by atoms with Crippen LogP contribution in [0.15, 0.2) is 53.4 Å². The fourth-order valence-corrected chi connectivity index (χ4v) is 4.64. The summed E-state index contributed by atoms with van der Waals surface area (Å²) in [6.07, 6.45) is 4.96. The fraction of sp³-hybridized carbons (Fsp3) is 0.346. The van der Waals surface area contributed by atoms with Crippen molar-refractivity contribution in [2.75, 3.05) is 32.8 Å². The van der Waals surface area contributed by atoms with Gasteiger partial charge in [-0.1, -0.05) is 29.8 Å². The molecule has 178 valence electrons. The monoisotopic (exact) mass is 480 g/mol. The number of amides is 3. The molecule has 4 rings (SSSR count). The van der Waals surface area contributed by atoms with Gasteiger partial charge in [-0.3, -0.25) is 19.3 Å². The minimum absolute atomic E-state index is 0.00353. The molecule has 2 fully saturated rings. The number of nitrogens with zero attached hydrogens (tertiary/aromatic N) is 2. The van der Waals surface area contributed by atoms with E-state index in [-0.39, 0.29) is 36.8 Å². The van der Waals surface area contributed by atoms with Crippen molar-refractivity contribution < 1.29 is 23.9 Å². The summed E-state index contributed by atoms with van der Waals surface area (Å²) >= 11 is 0.921. The van der Waals surface area contributed by atoms with Gasteiger partial charge in [0.2, 0.25) is 0 Å². The van der Waals surface area contributed by atoms with Crippen molar-refractivity contribution in [1.82, 2.24) is 9.80 Å². The Morgan fingerprint density at radius 1 is 0.941 bits per heavy atom. The van der Waals surface area contributed by atoms with Crippen LogP contribution in [0.2, 0.25) is 0 Å². The zero-order valence-corrected chi connectivity index (χ0v) is 20.0. The number of hydrogen-bond donors (Lipinski definition) is 0. The smallest absolute Gasteiger partial charge is 0.293 e. The lowest BCUT2D eigenvalue weighted by Gasteiger charge is -2.26. The number of rotatable bonds is 8. The second kappa shape index (κ2) is 11.2. The summed E-state index contributed by atoms with van der Waals surface area (Å²) < 4.78 is 11.3. The molecule has 0 saturated carbocycles. The van der Waals surface area contributed by atoms with Crippen LogP contribution in [-0.2, 0) is 9.59 Å². The van der Waals surface area contributed by atoms with E-state index in [0.717, 1.165) is 48.8 Å². The van der Waals surface area contributed by atoms with Gasteiger partial charge in [-0.2, -0.15) is 0 Å². The first-order chi connectivity index (χ1) is 16.5. The SMILES string of the molecule is Cc1ccc(OCCN2C(=O)S/C(=C\c3ccc(OCC(=O)N4CCCCC4)cc3)C2=O)cc1. The van der Waals surface area contributed by atoms with E-state index >= 15 is 0 Å². The average Bonchev–Trinajstić information content (AvgIpc) is 3.12. The summed E-state index contributed by atoms with van der Waals surface area (Å²) in [5.41, 5.74) is 1.91. The molecule has 8 heteroatoms. The number of hydrogen-bond acceptors (Lipinski definition) is 6. The number of ether oxygens (including phenoxy) is 2. The van der Waals surface area contributed by atoms with E-state index in [1.165, 1.54) is 11.3 Å². The number of carbonyl (C=O) groups excluding carboxylic acids is 3. The maximum atomic E-state index is 12.7. The fourth-order valence-electron chi connectivity index (χ4n) is 3.77. The van der Waals surface area contributed by atoms with Gasteiger partial charge in [0.05, 0.1) is 11.4 Å². The van der Waals surface area contributed by atoms with Crippen molar-refractivity contribution >= 4 is 34.9 Å². The van der Waals surface area contributed by atoms with Crippen LogP contribution in [0, 0.1) is 6.92 Å². The first kappa shape index (κ1) is 23.9. The van der Waals surface area contributed by atoms with Crippen molar-refractivity contribution in [3.05, 3.63) is 64.6 Å². The van der Waals surface area contributed by atoms with E-state index in [1.807, 2.05) is 36.1 Å². The highest BCUT2D eigenvalue weighted by molar-refractivity contribution is 8.18. The quantitative estimate of drug-likeness (QED) is 0.518. The molecule has 0 radical (unpaired) electrons. The van der Waals surface area contributed by atoms with Crippen molar-refractivity contribution in [1.29, 1.82) is 0 Å². The molecule has 2 aromatic carbocycles. The number of benzene rings is 2. The van der Waals surface area contributed by atoms with Gasteiger partial charge in [-0.15, -0.1) is 0 Å². The third-order valence-electron chi connectivity index (χ3n) is 5.73. The Balaban J connectivity index is 1.28. The molecule has 0 bridgehead atoms. The molecule has 0 atom stereocenters. The molecule has 2 heterocycles. The van der Waals surface area contributed by atoms with Gasteiger partial charge < -0.3 is 14.4 Å². The number of aryl methyl sites for hydroxylation is 1. The minimum atomic E-state index is -0.324. The highest BCUT2D eigenvalue weighted by Gasteiger charge is 2.34. The number of piperidine rings is 1. The van der Waals surface area contributed by atoms with Gasteiger partial charge in [0.1, 0.15) is 18.1 Å². The van der Waals surface area contributed by atoms with Gasteiger partial charge in [-0.05, 0) is 73.9 Å². The molecule has 2 aliphatic rings. The number of likely N-dealkylation sites (tertiary alicyclic amines) is 1. The van der Waals surface area contributed by atoms with Crippen molar-refractivity contribution in [3.8, 4) is 11.5 Å². The summed E-state index contributed by atoms with van der Waals surface area (Å²) in [6, 6.07) is 14.7. The highest BCUT2D eigenvalue weighted by atomic mass is 32.2. The van der Waals surface area contributed by atoms with Gasteiger partial charge in [-0.25, -0.2) is 0 Å². The van der Waals surface area contributed by atoms with Crippen molar-refractivity contribution in [2.24, 2.45) is 0 Å². The van der Waals surface area contributed by atoms with Gasteiger partial charge in [0.25, 0.3) is 17.1 Å². The Labute approximate surface area is 203 Å². The Kier molecular flexibility index (Phi) is 7.90. The lowest BCUT2D eigenvalue weighted by molar-refractivity contribution is -0.134. The lowest BCUT2D eigenvalue weighted by atomic mass is 10.1. The van der Waals surface area contributed by atoms with E-state index in [1.54, 1.807) is 30.3 Å². The second-order valence-electron chi connectivity index (χ2n) is 8.29. The molecule has 0 spiro atoms. The second-order valence-corrected chi connectivity index (χ2v) is 9.29. The Bertz CT molecular complexity index is 1060. The maximum absolute atomic E-state index is 12.7. The first-order valence-electron chi connectivity index (χ1n) is 11.4. The zero-order chi connectivity index (χ0) is 23.9. The number of imide groups is 1. The Hall–Kier alpha value is -3.26. The Morgan fingerprint density at radius 3 is 2.29 bits per heavy atom. The Morgan fingerprint density at radius 2 is 1.59 bits per heavy atom. The largest absolute Gasteiger partial charge is 0.492 e. The summed E-state index contributed by atoms with van der Waals surface area (Å²) in [7, 11) is 0. The third kappa shape index (κ3) is 6.20. The van der Waals surface area contributed by atoms with Gasteiger partial charge in [0.15, 0.2) is 6.61 Å². The van der Waals surface area contributed by atoms with E-state index in [0.29, 0.717) is 16.4 Å². The summed E-state index contributed by atoms with van der Waals surface area (Å²) in [4.78, 5) is 40.7. The minimum Gasteiger partial charge on any atom is -0.492 e. The van der Waals surface area contributed by atoms with Crippen LogP contribution in [0.1, 0.15) is 30.4 Å². The number of carbonyl (C=O) groups is 3. The van der Waals surface area contributed by atoms with E-state index in [9.17, 15) is 14.4 Å². The molecule has 0 aliphatic carbocycles. The molecular formula is C26H28N2O5S. The molecule has 7 nitrogen and oxygen atoms in total. The van der Waals surface area contributed by atoms with Crippen LogP contribution in [0.3, 0.4) is 0 Å². The molecule has 2 aromatic rings. The predicted molar refractivity (Wildman–Crippen MR) is 132 cm³/mol. The molecule has 2 saturated heterocycles. The van der Waals surface area contributed by atoms with Crippen LogP contribution in [0.25, 0.3) is 6.08 Å². The molecule has 0 N–H and O–H groups in total. The molecule has 34 heavy (non-hydrogen) atoms. The van der Waals surface area contributed by atoms with Gasteiger partial charge in [0, 0.05) is 13.1 Å². The van der Waals surface area contributed by atoms with Crippen LogP contribution in [0.5, 0.6) is 11.5 Å². The zero-order valence-electron chi connectivity index (χ0n) is 19.2. The lowest BCUT2D eigenvalue weighted by Crippen LogP contribution is -2.38. The van der Waals surface area contributed by atoms with Crippen molar-refractivity contribution in [2.45, 2.75) is 26.2 Å². The van der Waals surface area contributed by atoms with E-state index < -0.39 is 0 Å². The van der Waals surface area contributed by atoms with Crippen LogP contribution in [0.4, 0.5) is 4.79 Å². The molecular weight excluding hydrogens is 452 g/mol.